The van der Waals surface area contributed by atoms with Gasteiger partial charge in [0, 0.05) is 30.8 Å². The van der Waals surface area contributed by atoms with Crippen LogP contribution in [0.3, 0.4) is 0 Å². The fraction of sp³-hybridized carbons (Fsp3) is 0.278. The van der Waals surface area contributed by atoms with Gasteiger partial charge in [0.15, 0.2) is 0 Å². The molecule has 0 spiro atoms. The molecule has 116 valence electrons. The van der Waals surface area contributed by atoms with Crippen LogP contribution in [0.5, 0.6) is 0 Å². The predicted octanol–water partition coefficient (Wildman–Crippen LogP) is 3.56. The van der Waals surface area contributed by atoms with Crippen LogP contribution >= 0.6 is 0 Å². The van der Waals surface area contributed by atoms with Gasteiger partial charge in [-0.05, 0) is 37.1 Å². The number of carbonyl (C=O) groups excluding carboxylic acids is 1. The van der Waals surface area contributed by atoms with Crippen LogP contribution in [-0.2, 0) is 11.3 Å². The Labute approximate surface area is 130 Å². The van der Waals surface area contributed by atoms with Gasteiger partial charge in [0.25, 0.3) is 0 Å². The van der Waals surface area contributed by atoms with Gasteiger partial charge in [-0.25, -0.2) is 4.39 Å². The molecule has 22 heavy (non-hydrogen) atoms. The van der Waals surface area contributed by atoms with Crippen molar-refractivity contribution >= 4 is 11.6 Å². The third-order valence-corrected chi connectivity index (χ3v) is 3.49. The average molecular weight is 300 g/mol. The number of hydrogen-bond donors (Lipinski definition) is 2. The number of aryl methyl sites for hydroxylation is 2. The van der Waals surface area contributed by atoms with E-state index >= 15 is 0 Å². The number of halogens is 1. The summed E-state index contributed by atoms with van der Waals surface area (Å²) in [5, 5.41) is 5.99. The number of carbonyl (C=O) groups is 1. The number of amides is 1. The standard InChI is InChI=1S/C18H21FN2O/c1-13-7-8-14(2)17(11-13)20-10-9-18(22)21-12-15-5-3-4-6-16(15)19/h3-8,11,20H,9-10,12H2,1-2H3,(H,21,22). The monoisotopic (exact) mass is 300 g/mol. The van der Waals surface area contributed by atoms with Gasteiger partial charge in [-0.3, -0.25) is 4.79 Å². The van der Waals surface area contributed by atoms with Crippen LogP contribution in [0.2, 0.25) is 0 Å². The van der Waals surface area contributed by atoms with Gasteiger partial charge in [-0.1, -0.05) is 30.3 Å². The highest BCUT2D eigenvalue weighted by molar-refractivity contribution is 5.76. The summed E-state index contributed by atoms with van der Waals surface area (Å²) in [7, 11) is 0. The Hall–Kier alpha value is -2.36. The van der Waals surface area contributed by atoms with Crippen LogP contribution < -0.4 is 10.6 Å². The van der Waals surface area contributed by atoms with Gasteiger partial charge >= 0.3 is 0 Å². The second-order valence-electron chi connectivity index (χ2n) is 5.36. The SMILES string of the molecule is Cc1ccc(C)c(NCCC(=O)NCc2ccccc2F)c1. The molecule has 1 amide bonds. The van der Waals surface area contributed by atoms with E-state index in [4.69, 9.17) is 0 Å². The van der Waals surface area contributed by atoms with E-state index in [2.05, 4.69) is 28.8 Å². The molecule has 0 bridgehead atoms. The van der Waals surface area contributed by atoms with E-state index in [1.54, 1.807) is 18.2 Å². The van der Waals surface area contributed by atoms with Crippen molar-refractivity contribution in [3.63, 3.8) is 0 Å². The summed E-state index contributed by atoms with van der Waals surface area (Å²) in [6, 6.07) is 12.6. The van der Waals surface area contributed by atoms with Crippen molar-refractivity contribution in [2.75, 3.05) is 11.9 Å². The number of anilines is 1. The first kappa shape index (κ1) is 16.0. The molecule has 2 aromatic rings. The lowest BCUT2D eigenvalue weighted by Gasteiger charge is -2.11. The average Bonchev–Trinajstić information content (AvgIpc) is 2.50. The molecule has 4 heteroatoms. The van der Waals surface area contributed by atoms with Gasteiger partial charge in [0.2, 0.25) is 5.91 Å². The van der Waals surface area contributed by atoms with Crippen molar-refractivity contribution in [3.8, 4) is 0 Å². The molecule has 0 fully saturated rings. The fourth-order valence-corrected chi connectivity index (χ4v) is 2.16. The Morgan fingerprint density at radius 3 is 2.68 bits per heavy atom. The highest BCUT2D eigenvalue weighted by atomic mass is 19.1. The molecule has 0 saturated carbocycles. The zero-order valence-corrected chi connectivity index (χ0v) is 12.9. The minimum Gasteiger partial charge on any atom is -0.384 e. The van der Waals surface area contributed by atoms with E-state index in [9.17, 15) is 9.18 Å². The lowest BCUT2D eigenvalue weighted by Crippen LogP contribution is -2.25. The largest absolute Gasteiger partial charge is 0.384 e. The van der Waals surface area contributed by atoms with E-state index < -0.39 is 0 Å². The molecular weight excluding hydrogens is 279 g/mol. The number of rotatable bonds is 6. The smallest absolute Gasteiger partial charge is 0.222 e. The zero-order valence-electron chi connectivity index (χ0n) is 12.9. The van der Waals surface area contributed by atoms with Crippen molar-refractivity contribution in [2.45, 2.75) is 26.8 Å². The van der Waals surface area contributed by atoms with Crippen LogP contribution in [0.1, 0.15) is 23.1 Å². The normalized spacial score (nSPS) is 10.3. The molecule has 0 aliphatic rings. The first-order chi connectivity index (χ1) is 10.6. The van der Waals surface area contributed by atoms with Crippen LogP contribution in [0, 0.1) is 19.7 Å². The maximum Gasteiger partial charge on any atom is 0.222 e. The lowest BCUT2D eigenvalue weighted by molar-refractivity contribution is -0.121. The van der Waals surface area contributed by atoms with E-state index in [-0.39, 0.29) is 18.3 Å². The first-order valence-electron chi connectivity index (χ1n) is 7.37. The van der Waals surface area contributed by atoms with Crippen molar-refractivity contribution in [2.24, 2.45) is 0 Å². The Morgan fingerprint density at radius 2 is 1.91 bits per heavy atom. The summed E-state index contributed by atoms with van der Waals surface area (Å²) < 4.78 is 13.4. The molecule has 0 unspecified atom stereocenters. The molecule has 0 heterocycles. The second kappa shape index (κ2) is 7.59. The third kappa shape index (κ3) is 4.58. The van der Waals surface area contributed by atoms with Crippen molar-refractivity contribution in [3.05, 3.63) is 65.0 Å². The van der Waals surface area contributed by atoms with E-state index in [1.807, 2.05) is 13.8 Å². The van der Waals surface area contributed by atoms with E-state index in [1.165, 1.54) is 11.6 Å². The summed E-state index contributed by atoms with van der Waals surface area (Å²) in [6.07, 6.45) is 0.349. The molecule has 0 aliphatic carbocycles. The first-order valence-corrected chi connectivity index (χ1v) is 7.37. The molecular formula is C18H21FN2O. The molecule has 0 saturated heterocycles. The highest BCUT2D eigenvalue weighted by Gasteiger charge is 2.05. The number of benzene rings is 2. The summed E-state index contributed by atoms with van der Waals surface area (Å²) >= 11 is 0. The third-order valence-electron chi connectivity index (χ3n) is 3.49. The van der Waals surface area contributed by atoms with Crippen molar-refractivity contribution < 1.29 is 9.18 Å². The summed E-state index contributed by atoms with van der Waals surface area (Å²) in [5.74, 6) is -0.391. The van der Waals surface area contributed by atoms with Crippen molar-refractivity contribution in [1.82, 2.24) is 5.32 Å². The van der Waals surface area contributed by atoms with Crippen molar-refractivity contribution in [1.29, 1.82) is 0 Å². The molecule has 0 aliphatic heterocycles. The van der Waals surface area contributed by atoms with Crippen LogP contribution in [0.15, 0.2) is 42.5 Å². The van der Waals surface area contributed by atoms with Gasteiger partial charge in [0.05, 0.1) is 0 Å². The zero-order chi connectivity index (χ0) is 15.9. The van der Waals surface area contributed by atoms with Gasteiger partial charge in [-0.2, -0.15) is 0 Å². The second-order valence-corrected chi connectivity index (χ2v) is 5.36. The minimum absolute atomic E-state index is 0.0962. The van der Waals surface area contributed by atoms with Gasteiger partial charge in [-0.15, -0.1) is 0 Å². The molecule has 0 atom stereocenters. The van der Waals surface area contributed by atoms with Crippen LogP contribution in [0.4, 0.5) is 10.1 Å². The summed E-state index contributed by atoms with van der Waals surface area (Å²) in [4.78, 5) is 11.8. The predicted molar refractivity (Wildman–Crippen MR) is 87.3 cm³/mol. The Kier molecular flexibility index (Phi) is 5.53. The van der Waals surface area contributed by atoms with Crippen LogP contribution in [-0.4, -0.2) is 12.5 Å². The van der Waals surface area contributed by atoms with E-state index in [0.717, 1.165) is 11.3 Å². The molecule has 3 nitrogen and oxygen atoms in total. The number of nitrogens with one attached hydrogen (secondary N) is 2. The summed E-state index contributed by atoms with van der Waals surface area (Å²) in [5.41, 5.74) is 3.87. The van der Waals surface area contributed by atoms with Gasteiger partial charge < -0.3 is 10.6 Å². The van der Waals surface area contributed by atoms with Crippen LogP contribution in [0.25, 0.3) is 0 Å². The maximum absolute atomic E-state index is 13.4. The molecule has 2 aromatic carbocycles. The molecule has 0 radical (unpaired) electrons. The topological polar surface area (TPSA) is 41.1 Å². The highest BCUT2D eigenvalue weighted by Crippen LogP contribution is 2.16. The Morgan fingerprint density at radius 1 is 1.14 bits per heavy atom. The summed E-state index contributed by atoms with van der Waals surface area (Å²) in [6.45, 7) is 4.83. The molecule has 0 aromatic heterocycles. The quantitative estimate of drug-likeness (QED) is 0.856. The number of hydrogen-bond acceptors (Lipinski definition) is 2. The maximum atomic E-state index is 13.4. The Bertz CT molecular complexity index is 655. The molecule has 2 rings (SSSR count). The fourth-order valence-electron chi connectivity index (χ4n) is 2.16. The lowest BCUT2D eigenvalue weighted by atomic mass is 10.1. The van der Waals surface area contributed by atoms with Gasteiger partial charge in [0.1, 0.15) is 5.82 Å². The van der Waals surface area contributed by atoms with E-state index in [0.29, 0.717) is 18.5 Å². The molecule has 2 N–H and O–H groups in total. The minimum atomic E-state index is -0.295. The Balaban J connectivity index is 1.76.